The number of carbonyl (C=O) groups excluding carboxylic acids is 5. The predicted molar refractivity (Wildman–Crippen MR) is 159 cm³/mol. The average molecular weight is 620 g/mol. The van der Waals surface area contributed by atoms with Gasteiger partial charge in [-0.3, -0.25) is 19.2 Å². The molecule has 16 heteroatoms. The van der Waals surface area contributed by atoms with Crippen molar-refractivity contribution in [2.45, 2.75) is 52.1 Å². The number of rotatable bonds is 27. The van der Waals surface area contributed by atoms with E-state index in [4.69, 9.17) is 24.7 Å². The fourth-order valence-corrected chi connectivity index (χ4v) is 3.60. The van der Waals surface area contributed by atoms with Crippen LogP contribution >= 0.6 is 0 Å². The fraction of sp³-hybridized carbons (Fsp3) is 0.815. The maximum Gasteiger partial charge on any atom is 0.312 e. The summed E-state index contributed by atoms with van der Waals surface area (Å²) in [6.45, 7) is 9.79. The molecule has 0 heterocycles. The Hall–Kier alpha value is -3.05. The van der Waals surface area contributed by atoms with Crippen molar-refractivity contribution in [3.8, 4) is 0 Å². The molecule has 1 unspecified atom stereocenters. The van der Waals surface area contributed by atoms with Crippen molar-refractivity contribution in [1.29, 1.82) is 0 Å². The zero-order chi connectivity index (χ0) is 32.3. The summed E-state index contributed by atoms with van der Waals surface area (Å²) in [5.41, 5.74) is 5.05. The maximum atomic E-state index is 12.9. The molecule has 6 amide bonds. The van der Waals surface area contributed by atoms with Crippen molar-refractivity contribution < 1.29 is 42.9 Å². The first-order valence-electron chi connectivity index (χ1n) is 14.7. The first-order valence-corrected chi connectivity index (χ1v) is 14.7. The smallest absolute Gasteiger partial charge is 0.312 e. The van der Waals surface area contributed by atoms with Gasteiger partial charge in [0, 0.05) is 46.6 Å². The number of amides is 6. The molecule has 0 radical (unpaired) electrons. The Morgan fingerprint density at radius 1 is 0.698 bits per heavy atom. The number of hydrogen-bond acceptors (Lipinski definition) is 10. The number of carbonyl (C=O) groups is 5. The average Bonchev–Trinajstić information content (AvgIpc) is 2.95. The fourth-order valence-electron chi connectivity index (χ4n) is 3.60. The van der Waals surface area contributed by atoms with Crippen LogP contribution in [-0.4, -0.2) is 128 Å². The van der Waals surface area contributed by atoms with Crippen LogP contribution in [0, 0.1) is 5.92 Å². The molecule has 0 aromatic rings. The second-order valence-electron chi connectivity index (χ2n) is 9.82. The van der Waals surface area contributed by atoms with Crippen molar-refractivity contribution in [3.05, 3.63) is 0 Å². The Labute approximate surface area is 254 Å². The molecule has 0 spiro atoms. The van der Waals surface area contributed by atoms with Gasteiger partial charge in [0.15, 0.2) is 0 Å². The van der Waals surface area contributed by atoms with Gasteiger partial charge in [0.2, 0.25) is 23.6 Å². The van der Waals surface area contributed by atoms with E-state index >= 15 is 0 Å². The Balaban J connectivity index is 3.96. The van der Waals surface area contributed by atoms with E-state index in [1.807, 2.05) is 13.8 Å². The number of nitrogens with one attached hydrogen (secondary N) is 6. The molecule has 0 fully saturated rings. The van der Waals surface area contributed by atoms with E-state index in [1.54, 1.807) is 0 Å². The van der Waals surface area contributed by atoms with Gasteiger partial charge in [0.05, 0.1) is 58.9 Å². The van der Waals surface area contributed by atoms with E-state index in [1.165, 1.54) is 14.0 Å². The lowest BCUT2D eigenvalue weighted by atomic mass is 10.0. The summed E-state index contributed by atoms with van der Waals surface area (Å²) in [5, 5.41) is 16.3. The monoisotopic (exact) mass is 619 g/mol. The van der Waals surface area contributed by atoms with Gasteiger partial charge in [-0.25, -0.2) is 4.79 Å². The molecule has 0 aliphatic carbocycles. The minimum absolute atomic E-state index is 0.0686. The van der Waals surface area contributed by atoms with E-state index < -0.39 is 18.1 Å². The number of urea groups is 1. The molecule has 0 saturated heterocycles. The summed E-state index contributed by atoms with van der Waals surface area (Å²) in [4.78, 5) is 58.7. The summed E-state index contributed by atoms with van der Waals surface area (Å²) in [7, 11) is 1.49. The van der Waals surface area contributed by atoms with E-state index in [9.17, 15) is 24.0 Å². The highest BCUT2D eigenvalue weighted by Crippen LogP contribution is 2.04. The van der Waals surface area contributed by atoms with E-state index in [0.29, 0.717) is 85.3 Å². The molecule has 2 atom stereocenters. The Bertz CT molecular complexity index is 803. The number of nitrogens with two attached hydrogens (primary N) is 1. The number of hydrogen-bond donors (Lipinski definition) is 7. The third-order valence-electron chi connectivity index (χ3n) is 5.82. The number of primary amides is 1. The van der Waals surface area contributed by atoms with Crippen molar-refractivity contribution in [2.24, 2.45) is 11.7 Å². The van der Waals surface area contributed by atoms with Crippen molar-refractivity contribution in [3.63, 3.8) is 0 Å². The first-order chi connectivity index (χ1) is 20.6. The van der Waals surface area contributed by atoms with E-state index in [2.05, 4.69) is 31.9 Å². The minimum atomic E-state index is -0.757. The lowest BCUT2D eigenvalue weighted by molar-refractivity contribution is -0.130. The molecular formula is C27H53N7O9. The zero-order valence-corrected chi connectivity index (χ0v) is 26.1. The van der Waals surface area contributed by atoms with Gasteiger partial charge in [-0.15, -0.1) is 0 Å². The Morgan fingerprint density at radius 2 is 1.28 bits per heavy atom. The van der Waals surface area contributed by atoms with Crippen LogP contribution in [-0.2, 0) is 38.1 Å². The molecule has 8 N–H and O–H groups in total. The number of ether oxygens (including phenoxy) is 4. The van der Waals surface area contributed by atoms with Crippen molar-refractivity contribution in [1.82, 2.24) is 31.9 Å². The largest absolute Gasteiger partial charge is 0.379 e. The lowest BCUT2D eigenvalue weighted by Crippen LogP contribution is -2.54. The highest BCUT2D eigenvalue weighted by atomic mass is 16.6. The van der Waals surface area contributed by atoms with Crippen LogP contribution in [0.25, 0.3) is 0 Å². The van der Waals surface area contributed by atoms with Crippen LogP contribution in [0.1, 0.15) is 40.0 Å². The highest BCUT2D eigenvalue weighted by Gasteiger charge is 2.26. The molecule has 0 saturated carbocycles. The third kappa shape index (κ3) is 24.1. The molecule has 43 heavy (non-hydrogen) atoms. The summed E-state index contributed by atoms with van der Waals surface area (Å²) in [6.07, 6.45) is 0.978. The van der Waals surface area contributed by atoms with Gasteiger partial charge >= 0.3 is 6.03 Å². The maximum absolute atomic E-state index is 12.9. The van der Waals surface area contributed by atoms with Gasteiger partial charge in [0.25, 0.3) is 0 Å². The minimum Gasteiger partial charge on any atom is -0.379 e. The standard InChI is InChI=1S/C27H53N7O9/c1-20(2)24(26(38)34-22(25(37)29-4)6-5-8-33-27(28)39)32-10-9-31-23(36)7-12-40-14-16-42-18-19-43-17-15-41-13-11-30-21(3)35/h20,22,24,32H,5-19H2,1-4H3,(H,29,37)(H,30,35)(H,31,36)(H,34,38)(H3,28,33,39)/t22?,24-/m0/s1. The van der Waals surface area contributed by atoms with Crippen LogP contribution in [0.3, 0.4) is 0 Å². The molecule has 0 bridgehead atoms. The van der Waals surface area contributed by atoms with Gasteiger partial charge in [0.1, 0.15) is 6.04 Å². The Morgan fingerprint density at radius 3 is 1.81 bits per heavy atom. The van der Waals surface area contributed by atoms with E-state index in [0.717, 1.165) is 0 Å². The lowest BCUT2D eigenvalue weighted by Gasteiger charge is -2.25. The Kier molecular flexibility index (Phi) is 24.7. The summed E-state index contributed by atoms with van der Waals surface area (Å²) < 4.78 is 21.5. The SMILES string of the molecule is CNC(=O)C(CCCNC(N)=O)NC(=O)[C@@H](NCCNC(=O)CCOCCOCCOCCOCCNC(C)=O)C(C)C. The van der Waals surface area contributed by atoms with Gasteiger partial charge in [-0.05, 0) is 18.8 Å². The molecule has 0 aromatic carbocycles. The quantitative estimate of drug-likeness (QED) is 0.0501. The molecular weight excluding hydrogens is 566 g/mol. The number of likely N-dealkylation sites (N-methyl/N-ethyl adjacent to an activating group) is 1. The highest BCUT2D eigenvalue weighted by molar-refractivity contribution is 5.89. The van der Waals surface area contributed by atoms with Crippen LogP contribution in [0.4, 0.5) is 4.79 Å². The molecule has 250 valence electrons. The van der Waals surface area contributed by atoms with E-state index in [-0.39, 0.29) is 42.6 Å². The topological polar surface area (TPSA) is 220 Å². The molecule has 0 rings (SSSR count). The molecule has 0 aromatic heterocycles. The molecule has 0 aliphatic rings. The second kappa shape index (κ2) is 26.6. The summed E-state index contributed by atoms with van der Waals surface area (Å²) in [6, 6.07) is -1.98. The van der Waals surface area contributed by atoms with Gasteiger partial charge in [-0.2, -0.15) is 0 Å². The van der Waals surface area contributed by atoms with Crippen molar-refractivity contribution in [2.75, 3.05) is 86.1 Å². The van der Waals surface area contributed by atoms with Crippen LogP contribution in [0.2, 0.25) is 0 Å². The third-order valence-corrected chi connectivity index (χ3v) is 5.82. The normalized spacial score (nSPS) is 12.3. The first kappa shape index (κ1) is 40.0. The predicted octanol–water partition coefficient (Wildman–Crippen LogP) is -2.01. The van der Waals surface area contributed by atoms with Crippen LogP contribution in [0.15, 0.2) is 0 Å². The van der Waals surface area contributed by atoms with Crippen LogP contribution < -0.4 is 37.6 Å². The van der Waals surface area contributed by atoms with Crippen molar-refractivity contribution >= 4 is 29.7 Å². The van der Waals surface area contributed by atoms with Gasteiger partial charge in [-0.1, -0.05) is 13.8 Å². The van der Waals surface area contributed by atoms with Gasteiger partial charge < -0.3 is 56.6 Å². The summed E-state index contributed by atoms with van der Waals surface area (Å²) >= 11 is 0. The summed E-state index contributed by atoms with van der Waals surface area (Å²) in [5.74, 6) is -0.995. The molecule has 16 nitrogen and oxygen atoms in total. The van der Waals surface area contributed by atoms with Crippen LogP contribution in [0.5, 0.6) is 0 Å². The molecule has 0 aliphatic heterocycles. The second-order valence-corrected chi connectivity index (χ2v) is 9.82. The zero-order valence-electron chi connectivity index (χ0n) is 26.1.